The molecule has 0 fully saturated rings. The first-order valence-electron chi connectivity index (χ1n) is 10.9. The molecule has 0 saturated heterocycles. The summed E-state index contributed by atoms with van der Waals surface area (Å²) >= 11 is 0. The van der Waals surface area contributed by atoms with Crippen molar-refractivity contribution in [3.63, 3.8) is 0 Å². The summed E-state index contributed by atoms with van der Waals surface area (Å²) in [5, 5.41) is 7.55. The van der Waals surface area contributed by atoms with E-state index in [4.69, 9.17) is 0 Å². The van der Waals surface area contributed by atoms with Crippen LogP contribution in [0.15, 0.2) is 24.4 Å². The van der Waals surface area contributed by atoms with Gasteiger partial charge in [0.25, 0.3) is 0 Å². The highest BCUT2D eigenvalue weighted by Gasteiger charge is 2.28. The lowest BCUT2D eigenvalue weighted by molar-refractivity contribution is -0.117. The Balaban J connectivity index is 1.49. The number of hydrogen-bond acceptors (Lipinski definition) is 7. The summed E-state index contributed by atoms with van der Waals surface area (Å²) in [6.07, 6.45) is 1.10. The number of carbonyl (C=O) groups is 1. The van der Waals surface area contributed by atoms with Crippen LogP contribution < -0.4 is 10.2 Å². The lowest BCUT2D eigenvalue weighted by Gasteiger charge is -2.34. The maximum atomic E-state index is 15.0. The van der Waals surface area contributed by atoms with Crippen molar-refractivity contribution in [2.24, 2.45) is 0 Å². The van der Waals surface area contributed by atoms with Crippen LogP contribution in [0.1, 0.15) is 25.1 Å². The number of Topliss-reactive ketones (excluding diaryl/α,β-unsaturated/α-hetero) is 1. The third-order valence-electron chi connectivity index (χ3n) is 6.07. The molecule has 0 atom stereocenters. The zero-order valence-corrected chi connectivity index (χ0v) is 18.8. The van der Waals surface area contributed by atoms with Gasteiger partial charge in [0.15, 0.2) is 17.4 Å². The summed E-state index contributed by atoms with van der Waals surface area (Å²) in [5.74, 6) is -0.507. The van der Waals surface area contributed by atoms with Gasteiger partial charge in [-0.05, 0) is 33.0 Å². The van der Waals surface area contributed by atoms with Crippen LogP contribution in [-0.2, 0) is 24.3 Å². The largest absolute Gasteiger partial charge is 0.361 e. The second kappa shape index (κ2) is 8.18. The number of likely N-dealkylation sites (N-methyl/N-ethyl adjacent to an activating group) is 1. The summed E-state index contributed by atoms with van der Waals surface area (Å²) in [5.41, 5.74) is 2.27. The molecule has 172 valence electrons. The minimum absolute atomic E-state index is 0.0129. The van der Waals surface area contributed by atoms with E-state index in [9.17, 15) is 13.6 Å². The molecule has 0 spiro atoms. The molecule has 10 heteroatoms. The van der Waals surface area contributed by atoms with E-state index in [1.807, 2.05) is 36.5 Å². The molecule has 0 aliphatic carbocycles. The highest BCUT2D eigenvalue weighted by atomic mass is 19.1. The lowest BCUT2D eigenvalue weighted by atomic mass is 9.96. The molecule has 0 unspecified atom stereocenters. The van der Waals surface area contributed by atoms with Crippen molar-refractivity contribution in [3.05, 3.63) is 47.3 Å². The smallest absolute Gasteiger partial charge is 0.229 e. The van der Waals surface area contributed by atoms with Crippen molar-refractivity contribution in [1.82, 2.24) is 24.6 Å². The number of ketones is 1. The monoisotopic (exact) mass is 453 g/mol. The standard InChI is InChI=1S/C23H25F2N7O/c1-13(2)31-12-16(33)9-17-18(24)6-14(7-20(17)31)22-19(25)10-26-23(28-22)27-21-8-15-11-30(3)4-5-32(15)29-21/h6-8,10,13H,4-5,9,11-12H2,1-3H3,(H,26,27,28,29). The van der Waals surface area contributed by atoms with E-state index in [0.29, 0.717) is 22.6 Å². The van der Waals surface area contributed by atoms with Crippen LogP contribution in [0, 0.1) is 11.6 Å². The van der Waals surface area contributed by atoms with Crippen LogP contribution in [0.2, 0.25) is 0 Å². The maximum Gasteiger partial charge on any atom is 0.229 e. The Morgan fingerprint density at radius 3 is 2.70 bits per heavy atom. The lowest BCUT2D eigenvalue weighted by Crippen LogP contribution is -2.40. The van der Waals surface area contributed by atoms with Gasteiger partial charge < -0.3 is 10.2 Å². The zero-order chi connectivity index (χ0) is 23.3. The molecule has 2 aromatic heterocycles. The Morgan fingerprint density at radius 2 is 1.91 bits per heavy atom. The number of hydrogen-bond donors (Lipinski definition) is 1. The molecule has 2 aliphatic rings. The molecule has 0 saturated carbocycles. The Bertz CT molecular complexity index is 1240. The number of carbonyl (C=O) groups excluding carboxylic acids is 1. The molecular weight excluding hydrogens is 428 g/mol. The molecular formula is C23H25F2N7O. The predicted octanol–water partition coefficient (Wildman–Crippen LogP) is 3.15. The molecule has 33 heavy (non-hydrogen) atoms. The summed E-state index contributed by atoms with van der Waals surface area (Å²) in [4.78, 5) is 24.5. The van der Waals surface area contributed by atoms with Gasteiger partial charge in [-0.15, -0.1) is 0 Å². The van der Waals surface area contributed by atoms with Crippen LogP contribution in [0.5, 0.6) is 0 Å². The first kappa shape index (κ1) is 21.4. The van der Waals surface area contributed by atoms with Crippen LogP contribution in [0.25, 0.3) is 11.3 Å². The molecule has 5 rings (SSSR count). The summed E-state index contributed by atoms with van der Waals surface area (Å²) in [6, 6.07) is 4.83. The van der Waals surface area contributed by atoms with E-state index >= 15 is 0 Å². The van der Waals surface area contributed by atoms with Crippen molar-refractivity contribution in [2.75, 3.05) is 30.4 Å². The zero-order valence-electron chi connectivity index (χ0n) is 18.8. The molecule has 3 aromatic rings. The molecule has 1 N–H and O–H groups in total. The number of nitrogens with one attached hydrogen (secondary N) is 1. The van der Waals surface area contributed by atoms with Crippen LogP contribution >= 0.6 is 0 Å². The highest BCUT2D eigenvalue weighted by Crippen LogP contribution is 2.35. The van der Waals surface area contributed by atoms with E-state index in [0.717, 1.165) is 31.5 Å². The maximum absolute atomic E-state index is 15.0. The predicted molar refractivity (Wildman–Crippen MR) is 120 cm³/mol. The van der Waals surface area contributed by atoms with Gasteiger partial charge in [-0.3, -0.25) is 14.4 Å². The second-order valence-electron chi connectivity index (χ2n) is 8.89. The number of rotatable bonds is 4. The van der Waals surface area contributed by atoms with Gasteiger partial charge in [0.05, 0.1) is 25.0 Å². The number of anilines is 3. The van der Waals surface area contributed by atoms with Crippen LogP contribution in [-0.4, -0.2) is 56.6 Å². The van der Waals surface area contributed by atoms with E-state index in [-0.39, 0.29) is 36.4 Å². The minimum Gasteiger partial charge on any atom is -0.361 e. The Hall–Kier alpha value is -3.40. The van der Waals surface area contributed by atoms with Gasteiger partial charge in [-0.25, -0.2) is 18.7 Å². The third-order valence-corrected chi connectivity index (χ3v) is 6.07. The van der Waals surface area contributed by atoms with Gasteiger partial charge in [-0.2, -0.15) is 5.10 Å². The molecule has 8 nitrogen and oxygen atoms in total. The number of nitrogens with zero attached hydrogens (tertiary/aromatic N) is 6. The van der Waals surface area contributed by atoms with Crippen molar-refractivity contribution in [1.29, 1.82) is 0 Å². The fourth-order valence-corrected chi connectivity index (χ4v) is 4.38. The number of benzene rings is 1. The molecule has 0 radical (unpaired) electrons. The number of halogens is 2. The summed E-state index contributed by atoms with van der Waals surface area (Å²) in [6.45, 7) is 6.55. The van der Waals surface area contributed by atoms with E-state index < -0.39 is 11.6 Å². The van der Waals surface area contributed by atoms with Crippen LogP contribution in [0.3, 0.4) is 0 Å². The average molecular weight is 453 g/mol. The first-order valence-corrected chi connectivity index (χ1v) is 10.9. The van der Waals surface area contributed by atoms with Gasteiger partial charge in [0.1, 0.15) is 11.5 Å². The molecule has 2 aliphatic heterocycles. The normalized spacial score (nSPS) is 16.2. The van der Waals surface area contributed by atoms with E-state index in [1.165, 1.54) is 6.07 Å². The Labute approximate surface area is 190 Å². The Kier molecular flexibility index (Phi) is 5.32. The second-order valence-corrected chi connectivity index (χ2v) is 8.89. The molecule has 4 heterocycles. The molecule has 0 amide bonds. The number of fused-ring (bicyclic) bond motifs is 2. The van der Waals surface area contributed by atoms with Crippen molar-refractivity contribution < 1.29 is 13.6 Å². The van der Waals surface area contributed by atoms with Gasteiger partial charge in [0, 0.05) is 48.4 Å². The quantitative estimate of drug-likeness (QED) is 0.650. The van der Waals surface area contributed by atoms with Crippen LogP contribution in [0.4, 0.5) is 26.2 Å². The van der Waals surface area contributed by atoms with E-state index in [2.05, 4.69) is 25.3 Å². The molecule has 0 bridgehead atoms. The summed E-state index contributed by atoms with van der Waals surface area (Å²) in [7, 11) is 2.05. The van der Waals surface area contributed by atoms with Crippen molar-refractivity contribution >= 4 is 23.2 Å². The van der Waals surface area contributed by atoms with Gasteiger partial charge in [0.2, 0.25) is 5.95 Å². The average Bonchev–Trinajstić information content (AvgIpc) is 3.16. The Morgan fingerprint density at radius 1 is 1.09 bits per heavy atom. The van der Waals surface area contributed by atoms with Crippen molar-refractivity contribution in [2.45, 2.75) is 39.4 Å². The van der Waals surface area contributed by atoms with Gasteiger partial charge in [-0.1, -0.05) is 0 Å². The number of aromatic nitrogens is 4. The minimum atomic E-state index is -0.659. The molecule has 1 aromatic carbocycles. The van der Waals surface area contributed by atoms with Gasteiger partial charge >= 0.3 is 0 Å². The SMILES string of the molecule is CC(C)N1CC(=O)Cc2c(F)cc(-c3nc(Nc4cc5n(n4)CCN(C)C5)ncc3F)cc21. The summed E-state index contributed by atoms with van der Waals surface area (Å²) < 4.78 is 31.7. The first-order chi connectivity index (χ1) is 15.8. The topological polar surface area (TPSA) is 79.2 Å². The fraction of sp³-hybridized carbons (Fsp3) is 0.391. The third kappa shape index (κ3) is 4.06. The van der Waals surface area contributed by atoms with E-state index in [1.54, 1.807) is 6.07 Å². The fourth-order valence-electron chi connectivity index (χ4n) is 4.38. The van der Waals surface area contributed by atoms with Crippen molar-refractivity contribution in [3.8, 4) is 11.3 Å². The highest BCUT2D eigenvalue weighted by molar-refractivity contribution is 5.91.